The van der Waals surface area contributed by atoms with Gasteiger partial charge in [0.25, 0.3) is 0 Å². The zero-order valence-corrected chi connectivity index (χ0v) is 11.8. The Morgan fingerprint density at radius 1 is 1.17 bits per heavy atom. The molecule has 2 aliphatic heterocycles. The Bertz CT molecular complexity index is 245. The highest BCUT2D eigenvalue weighted by Crippen LogP contribution is 2.23. The Labute approximate surface area is 111 Å². The lowest BCUT2D eigenvalue weighted by Crippen LogP contribution is -2.64. The molecule has 0 unspecified atom stereocenters. The molecule has 5 heteroatoms. The summed E-state index contributed by atoms with van der Waals surface area (Å²) < 4.78 is 5.38. The zero-order valence-electron chi connectivity index (χ0n) is 11.8. The smallest absolute Gasteiger partial charge is 0.0608 e. The van der Waals surface area contributed by atoms with Crippen LogP contribution in [0.4, 0.5) is 0 Å². The van der Waals surface area contributed by atoms with Gasteiger partial charge >= 0.3 is 0 Å². The topological polar surface area (TPSA) is 53.8 Å². The molecular formula is C13H28N4O. The van der Waals surface area contributed by atoms with Crippen molar-refractivity contribution in [3.63, 3.8) is 0 Å². The third-order valence-corrected chi connectivity index (χ3v) is 4.28. The first-order valence-corrected chi connectivity index (χ1v) is 7.20. The summed E-state index contributed by atoms with van der Waals surface area (Å²) in [7, 11) is 0. The Hall–Kier alpha value is -0.200. The van der Waals surface area contributed by atoms with Gasteiger partial charge in [-0.1, -0.05) is 0 Å². The van der Waals surface area contributed by atoms with Crippen LogP contribution >= 0.6 is 0 Å². The minimum absolute atomic E-state index is 0.0999. The van der Waals surface area contributed by atoms with Gasteiger partial charge in [-0.05, 0) is 26.7 Å². The Morgan fingerprint density at radius 3 is 2.28 bits per heavy atom. The van der Waals surface area contributed by atoms with Crippen LogP contribution in [0.2, 0.25) is 0 Å². The van der Waals surface area contributed by atoms with Crippen molar-refractivity contribution in [3.05, 3.63) is 0 Å². The number of likely N-dealkylation sites (tertiary alicyclic amines) is 1. The molecule has 0 aromatic heterocycles. The number of piperidine rings is 1. The number of hydrogen-bond donors (Lipinski definition) is 2. The van der Waals surface area contributed by atoms with Crippen LogP contribution in [0, 0.1) is 0 Å². The molecule has 2 heterocycles. The van der Waals surface area contributed by atoms with Gasteiger partial charge in [0.05, 0.1) is 13.2 Å². The van der Waals surface area contributed by atoms with Gasteiger partial charge in [-0.25, -0.2) is 10.4 Å². The molecule has 5 nitrogen and oxygen atoms in total. The lowest BCUT2D eigenvalue weighted by molar-refractivity contribution is -0.0262. The molecule has 0 aromatic rings. The summed E-state index contributed by atoms with van der Waals surface area (Å²) >= 11 is 0. The number of morpholine rings is 1. The lowest BCUT2D eigenvalue weighted by Gasteiger charge is -2.46. The molecule has 0 aliphatic carbocycles. The van der Waals surface area contributed by atoms with E-state index in [1.165, 1.54) is 0 Å². The maximum absolute atomic E-state index is 6.04. The van der Waals surface area contributed by atoms with Crippen LogP contribution in [-0.2, 0) is 4.74 Å². The van der Waals surface area contributed by atoms with Crippen LogP contribution in [-0.4, -0.2) is 67.4 Å². The molecule has 18 heavy (non-hydrogen) atoms. The highest BCUT2D eigenvalue weighted by molar-refractivity contribution is 4.94. The maximum atomic E-state index is 6.04. The fourth-order valence-electron chi connectivity index (χ4n) is 2.84. The quantitative estimate of drug-likeness (QED) is 0.743. The van der Waals surface area contributed by atoms with Crippen molar-refractivity contribution in [3.8, 4) is 0 Å². The van der Waals surface area contributed by atoms with Crippen molar-refractivity contribution in [2.24, 2.45) is 5.73 Å². The minimum atomic E-state index is 0.0999. The predicted octanol–water partition coefficient (Wildman–Crippen LogP) is 0.0249. The van der Waals surface area contributed by atoms with Gasteiger partial charge in [0.15, 0.2) is 0 Å². The highest BCUT2D eigenvalue weighted by atomic mass is 16.5. The van der Waals surface area contributed by atoms with E-state index in [9.17, 15) is 0 Å². The van der Waals surface area contributed by atoms with Crippen LogP contribution in [0.5, 0.6) is 0 Å². The van der Waals surface area contributed by atoms with E-state index in [0.717, 1.165) is 58.8 Å². The number of nitrogens with zero attached hydrogens (tertiary/aromatic N) is 2. The molecule has 0 saturated carbocycles. The second-order valence-corrected chi connectivity index (χ2v) is 5.83. The molecule has 2 rings (SSSR count). The van der Waals surface area contributed by atoms with E-state index in [0.29, 0.717) is 6.04 Å². The van der Waals surface area contributed by atoms with Gasteiger partial charge in [0.1, 0.15) is 0 Å². The first kappa shape index (κ1) is 14.2. The summed E-state index contributed by atoms with van der Waals surface area (Å²) in [6, 6.07) is 0.643. The number of rotatable bonds is 4. The van der Waals surface area contributed by atoms with Crippen molar-refractivity contribution in [2.75, 3.05) is 45.9 Å². The van der Waals surface area contributed by atoms with Gasteiger partial charge in [0.2, 0.25) is 0 Å². The summed E-state index contributed by atoms with van der Waals surface area (Å²) in [5.41, 5.74) is 9.82. The fraction of sp³-hybridized carbons (Fsp3) is 1.00. The van der Waals surface area contributed by atoms with E-state index < -0.39 is 0 Å². The fourth-order valence-corrected chi connectivity index (χ4v) is 2.84. The molecule has 2 fully saturated rings. The van der Waals surface area contributed by atoms with E-state index in [4.69, 9.17) is 10.5 Å². The molecule has 0 amide bonds. The summed E-state index contributed by atoms with van der Waals surface area (Å²) in [4.78, 5) is 2.54. The lowest BCUT2D eigenvalue weighted by atomic mass is 9.87. The van der Waals surface area contributed by atoms with Crippen molar-refractivity contribution in [2.45, 2.75) is 38.3 Å². The molecule has 0 spiro atoms. The Morgan fingerprint density at radius 2 is 1.78 bits per heavy atom. The van der Waals surface area contributed by atoms with E-state index in [1.54, 1.807) is 0 Å². The molecule has 106 valence electrons. The molecule has 0 aromatic carbocycles. The number of nitrogens with one attached hydrogen (secondary N) is 1. The van der Waals surface area contributed by atoms with Crippen LogP contribution in [0.3, 0.4) is 0 Å². The second-order valence-electron chi connectivity index (χ2n) is 5.83. The number of nitrogens with two attached hydrogens (primary N) is 1. The van der Waals surface area contributed by atoms with Crippen molar-refractivity contribution in [1.29, 1.82) is 0 Å². The van der Waals surface area contributed by atoms with Crippen molar-refractivity contribution >= 4 is 0 Å². The summed E-state index contributed by atoms with van der Waals surface area (Å²) in [6.45, 7) is 11.1. The van der Waals surface area contributed by atoms with Crippen LogP contribution < -0.4 is 11.2 Å². The first-order chi connectivity index (χ1) is 8.65. The van der Waals surface area contributed by atoms with E-state index in [1.807, 2.05) is 0 Å². The average molecular weight is 256 g/mol. The van der Waals surface area contributed by atoms with Gasteiger partial charge in [-0.3, -0.25) is 0 Å². The van der Waals surface area contributed by atoms with Crippen molar-refractivity contribution in [1.82, 2.24) is 15.3 Å². The molecule has 2 saturated heterocycles. The van der Waals surface area contributed by atoms with E-state index in [-0.39, 0.29) is 5.54 Å². The molecular weight excluding hydrogens is 228 g/mol. The van der Waals surface area contributed by atoms with Crippen LogP contribution in [0.25, 0.3) is 0 Å². The van der Waals surface area contributed by atoms with E-state index in [2.05, 4.69) is 29.2 Å². The Kier molecular flexibility index (Phi) is 4.98. The highest BCUT2D eigenvalue weighted by Gasteiger charge is 2.35. The Balaban J connectivity index is 1.87. The van der Waals surface area contributed by atoms with Crippen molar-refractivity contribution < 1.29 is 4.74 Å². The number of hydrazine groups is 1. The van der Waals surface area contributed by atoms with Gasteiger partial charge in [-0.15, -0.1) is 0 Å². The summed E-state index contributed by atoms with van der Waals surface area (Å²) in [6.07, 6.45) is 2.28. The average Bonchev–Trinajstić information content (AvgIpc) is 2.40. The zero-order chi connectivity index (χ0) is 13.0. The first-order valence-electron chi connectivity index (χ1n) is 7.20. The third-order valence-electron chi connectivity index (χ3n) is 4.28. The van der Waals surface area contributed by atoms with Gasteiger partial charge < -0.3 is 15.4 Å². The molecule has 0 radical (unpaired) electrons. The monoisotopic (exact) mass is 256 g/mol. The van der Waals surface area contributed by atoms with Gasteiger partial charge in [-0.2, -0.15) is 0 Å². The SMILES string of the molecule is CC(C)N1CCC(CN)(NN2CCOCC2)CC1. The number of hydrogen-bond acceptors (Lipinski definition) is 5. The third kappa shape index (κ3) is 3.42. The van der Waals surface area contributed by atoms with Crippen LogP contribution in [0.1, 0.15) is 26.7 Å². The van der Waals surface area contributed by atoms with Gasteiger partial charge in [0, 0.05) is 44.3 Å². The molecule has 0 bridgehead atoms. The second kappa shape index (κ2) is 6.30. The minimum Gasteiger partial charge on any atom is -0.379 e. The normalized spacial score (nSPS) is 26.7. The number of ether oxygens (including phenoxy) is 1. The maximum Gasteiger partial charge on any atom is 0.0608 e. The molecule has 0 atom stereocenters. The van der Waals surface area contributed by atoms with Crippen LogP contribution in [0.15, 0.2) is 0 Å². The van der Waals surface area contributed by atoms with E-state index >= 15 is 0 Å². The molecule has 3 N–H and O–H groups in total. The largest absolute Gasteiger partial charge is 0.379 e. The molecule has 2 aliphatic rings. The summed E-state index contributed by atoms with van der Waals surface area (Å²) in [5, 5.41) is 2.29. The standard InChI is InChI=1S/C13H28N4O/c1-12(2)16-5-3-13(11-14,4-6-16)15-17-7-9-18-10-8-17/h12,15H,3-11,14H2,1-2H3. The summed E-state index contributed by atoms with van der Waals surface area (Å²) in [5.74, 6) is 0. The predicted molar refractivity (Wildman–Crippen MR) is 73.3 cm³/mol.